The average Bonchev–Trinajstić information content (AvgIpc) is 2.76. The Balaban J connectivity index is 1.93. The Hall–Kier alpha value is -0.920. The number of nitrogens with one attached hydrogen (secondary N) is 2. The number of hydrogen-bond acceptors (Lipinski definition) is 4. The largest absolute Gasteiger partial charge is 0.339 e. The molecular formula is C10H18N4O2S. The molecule has 0 saturated carbocycles. The van der Waals surface area contributed by atoms with E-state index < -0.39 is 10.0 Å². The lowest BCUT2D eigenvalue weighted by atomic mass is 9.99. The molecule has 0 unspecified atom stereocenters. The molecule has 2 N–H and O–H groups in total. The maximum Gasteiger partial charge on any atom is 0.259 e. The highest BCUT2D eigenvalue weighted by molar-refractivity contribution is 7.89. The van der Waals surface area contributed by atoms with Gasteiger partial charge in [-0.3, -0.25) is 0 Å². The van der Waals surface area contributed by atoms with Gasteiger partial charge in [-0.05, 0) is 31.8 Å². The molecule has 1 aliphatic rings. The molecule has 2 heterocycles. The normalized spacial score (nSPS) is 18.4. The van der Waals surface area contributed by atoms with Crippen LogP contribution in [0.4, 0.5) is 0 Å². The zero-order valence-corrected chi connectivity index (χ0v) is 10.7. The van der Waals surface area contributed by atoms with Gasteiger partial charge in [0.2, 0.25) is 0 Å². The molecule has 0 spiro atoms. The van der Waals surface area contributed by atoms with Crippen LogP contribution in [0.1, 0.15) is 12.8 Å². The Morgan fingerprint density at radius 3 is 2.82 bits per heavy atom. The van der Waals surface area contributed by atoms with Gasteiger partial charge in [0, 0.05) is 19.8 Å². The second-order valence-electron chi connectivity index (χ2n) is 4.42. The highest BCUT2D eigenvalue weighted by Gasteiger charge is 2.20. The first-order chi connectivity index (χ1) is 8.08. The van der Waals surface area contributed by atoms with E-state index in [0.29, 0.717) is 12.5 Å². The van der Waals surface area contributed by atoms with Crippen LogP contribution < -0.4 is 10.0 Å². The van der Waals surface area contributed by atoms with Crippen molar-refractivity contribution in [1.82, 2.24) is 19.6 Å². The van der Waals surface area contributed by atoms with E-state index in [2.05, 4.69) is 15.0 Å². The van der Waals surface area contributed by atoms with Gasteiger partial charge in [-0.15, -0.1) is 0 Å². The molecule has 0 bridgehead atoms. The molecule has 1 saturated heterocycles. The smallest absolute Gasteiger partial charge is 0.259 e. The molecule has 0 amide bonds. The number of rotatable bonds is 4. The van der Waals surface area contributed by atoms with Gasteiger partial charge in [0.05, 0.1) is 6.33 Å². The van der Waals surface area contributed by atoms with Crippen molar-refractivity contribution < 1.29 is 8.42 Å². The average molecular weight is 258 g/mol. The summed E-state index contributed by atoms with van der Waals surface area (Å²) in [6, 6.07) is 0. The van der Waals surface area contributed by atoms with Crippen molar-refractivity contribution in [2.45, 2.75) is 17.9 Å². The standard InChI is InChI=1S/C10H18N4O2S/c1-14-7-10(12-8-14)17(15,16)13-6-9-2-4-11-5-3-9/h7-9,11,13H,2-6H2,1H3. The van der Waals surface area contributed by atoms with E-state index >= 15 is 0 Å². The van der Waals surface area contributed by atoms with Crippen LogP contribution in [0.3, 0.4) is 0 Å². The van der Waals surface area contributed by atoms with Crippen molar-refractivity contribution in [2.75, 3.05) is 19.6 Å². The number of imidazole rings is 1. The molecule has 1 aromatic rings. The maximum atomic E-state index is 11.9. The van der Waals surface area contributed by atoms with Crippen LogP contribution in [-0.2, 0) is 17.1 Å². The first kappa shape index (κ1) is 12.5. The summed E-state index contributed by atoms with van der Waals surface area (Å²) in [5.74, 6) is 0.426. The minimum Gasteiger partial charge on any atom is -0.339 e. The van der Waals surface area contributed by atoms with Crippen molar-refractivity contribution in [3.8, 4) is 0 Å². The zero-order chi connectivity index (χ0) is 12.3. The second-order valence-corrected chi connectivity index (χ2v) is 6.14. The van der Waals surface area contributed by atoms with Crippen molar-refractivity contribution in [3.63, 3.8) is 0 Å². The van der Waals surface area contributed by atoms with Crippen LogP contribution in [0.5, 0.6) is 0 Å². The van der Waals surface area contributed by atoms with Crippen molar-refractivity contribution in [3.05, 3.63) is 12.5 Å². The summed E-state index contributed by atoms with van der Waals surface area (Å²) < 4.78 is 28.0. The monoisotopic (exact) mass is 258 g/mol. The fourth-order valence-corrected chi connectivity index (χ4v) is 3.01. The zero-order valence-electron chi connectivity index (χ0n) is 9.89. The Kier molecular flexibility index (Phi) is 3.80. The predicted molar refractivity (Wildman–Crippen MR) is 64.0 cm³/mol. The number of sulfonamides is 1. The Labute approximate surface area is 101 Å². The first-order valence-electron chi connectivity index (χ1n) is 5.76. The highest BCUT2D eigenvalue weighted by atomic mass is 32.2. The van der Waals surface area contributed by atoms with Gasteiger partial charge in [0.15, 0.2) is 5.03 Å². The predicted octanol–water partition coefficient (Wildman–Crippen LogP) is -0.302. The topological polar surface area (TPSA) is 76.0 Å². The first-order valence-corrected chi connectivity index (χ1v) is 7.24. The van der Waals surface area contributed by atoms with Gasteiger partial charge in [-0.25, -0.2) is 18.1 Å². The Morgan fingerprint density at radius 1 is 1.53 bits per heavy atom. The summed E-state index contributed by atoms with van der Waals surface area (Å²) in [5, 5.41) is 3.35. The highest BCUT2D eigenvalue weighted by Crippen LogP contribution is 2.11. The minimum absolute atomic E-state index is 0.0916. The van der Waals surface area contributed by atoms with Gasteiger partial charge in [-0.2, -0.15) is 0 Å². The number of piperidine rings is 1. The van der Waals surface area contributed by atoms with Crippen LogP contribution in [0.2, 0.25) is 0 Å². The van der Waals surface area contributed by atoms with Crippen molar-refractivity contribution in [1.29, 1.82) is 0 Å². The van der Waals surface area contributed by atoms with E-state index in [0.717, 1.165) is 25.9 Å². The van der Waals surface area contributed by atoms with Gasteiger partial charge < -0.3 is 9.88 Å². The fraction of sp³-hybridized carbons (Fsp3) is 0.700. The van der Waals surface area contributed by atoms with E-state index in [4.69, 9.17) is 0 Å². The third-order valence-corrected chi connectivity index (χ3v) is 4.29. The lowest BCUT2D eigenvalue weighted by Crippen LogP contribution is -2.36. The Bertz CT molecular complexity index is 462. The van der Waals surface area contributed by atoms with Gasteiger partial charge in [-0.1, -0.05) is 0 Å². The van der Waals surface area contributed by atoms with Crippen molar-refractivity contribution in [2.24, 2.45) is 13.0 Å². The molecule has 17 heavy (non-hydrogen) atoms. The third-order valence-electron chi connectivity index (χ3n) is 2.98. The molecule has 2 rings (SSSR count). The number of aryl methyl sites for hydroxylation is 1. The molecule has 0 aromatic carbocycles. The summed E-state index contributed by atoms with van der Waals surface area (Å²) in [5.41, 5.74) is 0. The van der Waals surface area contributed by atoms with E-state index in [9.17, 15) is 8.42 Å². The molecular weight excluding hydrogens is 240 g/mol. The third kappa shape index (κ3) is 3.27. The number of aromatic nitrogens is 2. The number of hydrogen-bond donors (Lipinski definition) is 2. The SMILES string of the molecule is Cn1cnc(S(=O)(=O)NCC2CCNCC2)c1. The van der Waals surface area contributed by atoms with Crippen molar-refractivity contribution >= 4 is 10.0 Å². The molecule has 0 aliphatic carbocycles. The van der Waals surface area contributed by atoms with Gasteiger partial charge in [0.1, 0.15) is 0 Å². The number of nitrogens with zero attached hydrogens (tertiary/aromatic N) is 2. The summed E-state index contributed by atoms with van der Waals surface area (Å²) >= 11 is 0. The van der Waals surface area contributed by atoms with Crippen LogP contribution in [0, 0.1) is 5.92 Å². The lowest BCUT2D eigenvalue weighted by molar-refractivity contribution is 0.372. The van der Waals surface area contributed by atoms with E-state index in [1.165, 1.54) is 12.5 Å². The molecule has 0 radical (unpaired) electrons. The molecule has 1 fully saturated rings. The summed E-state index contributed by atoms with van der Waals surface area (Å²) in [6.45, 7) is 2.44. The maximum absolute atomic E-state index is 11.9. The van der Waals surface area contributed by atoms with Crippen LogP contribution in [0.25, 0.3) is 0 Å². The Morgan fingerprint density at radius 2 is 2.24 bits per heavy atom. The van der Waals surface area contributed by atoms with E-state index in [1.54, 1.807) is 11.6 Å². The van der Waals surface area contributed by atoms with Crippen LogP contribution in [0.15, 0.2) is 17.6 Å². The lowest BCUT2D eigenvalue weighted by Gasteiger charge is -2.22. The van der Waals surface area contributed by atoms with E-state index in [-0.39, 0.29) is 5.03 Å². The second kappa shape index (κ2) is 5.16. The molecule has 96 valence electrons. The summed E-state index contributed by atoms with van der Waals surface area (Å²) in [4.78, 5) is 3.85. The van der Waals surface area contributed by atoms with Gasteiger partial charge >= 0.3 is 0 Å². The quantitative estimate of drug-likeness (QED) is 0.777. The molecule has 6 nitrogen and oxygen atoms in total. The van der Waals surface area contributed by atoms with Gasteiger partial charge in [0.25, 0.3) is 10.0 Å². The molecule has 1 aliphatic heterocycles. The van der Waals surface area contributed by atoms with Crippen LogP contribution in [-0.4, -0.2) is 37.6 Å². The summed E-state index contributed by atoms with van der Waals surface area (Å²) in [6.07, 6.45) is 5.03. The van der Waals surface area contributed by atoms with Crippen LogP contribution >= 0.6 is 0 Å². The molecule has 7 heteroatoms. The molecule has 0 atom stereocenters. The minimum atomic E-state index is -3.44. The fourth-order valence-electron chi connectivity index (χ4n) is 1.91. The van der Waals surface area contributed by atoms with E-state index in [1.807, 2.05) is 0 Å². The molecule has 1 aromatic heterocycles. The summed E-state index contributed by atoms with van der Waals surface area (Å²) in [7, 11) is -1.69.